The number of para-hydroxylation sites is 1. The smallest absolute Gasteiger partial charge is 0.241 e. The monoisotopic (exact) mass is 354 g/mol. The van der Waals surface area contributed by atoms with E-state index in [9.17, 15) is 4.39 Å². The minimum Gasteiger partial charge on any atom is -0.338 e. The second-order valence-electron chi connectivity index (χ2n) is 5.77. The average Bonchev–Trinajstić information content (AvgIpc) is 3.21. The second-order valence-corrected chi connectivity index (χ2v) is 6.88. The molecule has 0 aliphatic rings. The van der Waals surface area contributed by atoms with Crippen LogP contribution >= 0.6 is 11.3 Å². The molecule has 2 heterocycles. The maximum atomic E-state index is 13.0. The number of aromatic nitrogens is 3. The molecule has 0 unspecified atom stereocenters. The van der Waals surface area contributed by atoms with Gasteiger partial charge in [-0.1, -0.05) is 17.3 Å². The first-order valence-electron chi connectivity index (χ1n) is 7.79. The molecule has 0 atom stereocenters. The Balaban J connectivity index is 1.44. The van der Waals surface area contributed by atoms with Gasteiger partial charge >= 0.3 is 0 Å². The summed E-state index contributed by atoms with van der Waals surface area (Å²) in [6.07, 6.45) is 0. The first kappa shape index (κ1) is 15.9. The Morgan fingerprint density at radius 1 is 1.04 bits per heavy atom. The number of thiazole rings is 1. The van der Waals surface area contributed by atoms with Crippen molar-refractivity contribution >= 4 is 21.6 Å². The van der Waals surface area contributed by atoms with Gasteiger partial charge in [0.1, 0.15) is 10.8 Å². The van der Waals surface area contributed by atoms with E-state index in [4.69, 9.17) is 4.52 Å². The van der Waals surface area contributed by atoms with Crippen molar-refractivity contribution in [1.29, 1.82) is 0 Å². The van der Waals surface area contributed by atoms with Crippen molar-refractivity contribution < 1.29 is 8.91 Å². The molecule has 5 nitrogen and oxygen atoms in total. The molecule has 4 rings (SSSR count). The van der Waals surface area contributed by atoms with Crippen molar-refractivity contribution in [3.05, 3.63) is 65.2 Å². The first-order valence-corrected chi connectivity index (χ1v) is 8.60. The summed E-state index contributed by atoms with van der Waals surface area (Å²) in [6.45, 7) is 1.22. The van der Waals surface area contributed by atoms with Gasteiger partial charge in [-0.3, -0.25) is 4.90 Å². The molecule has 126 valence electrons. The summed E-state index contributed by atoms with van der Waals surface area (Å²) < 4.78 is 19.5. The number of hydrogen-bond donors (Lipinski definition) is 0. The molecular formula is C18H15FN4OS. The van der Waals surface area contributed by atoms with E-state index in [-0.39, 0.29) is 5.82 Å². The lowest BCUT2D eigenvalue weighted by atomic mass is 10.2. The molecule has 2 aromatic heterocycles. The quantitative estimate of drug-likeness (QED) is 0.540. The third kappa shape index (κ3) is 3.57. The number of nitrogens with zero attached hydrogens (tertiary/aromatic N) is 4. The molecule has 0 aliphatic carbocycles. The fourth-order valence-electron chi connectivity index (χ4n) is 2.54. The Morgan fingerprint density at radius 2 is 1.84 bits per heavy atom. The van der Waals surface area contributed by atoms with Crippen LogP contribution < -0.4 is 0 Å². The zero-order chi connectivity index (χ0) is 17.2. The highest BCUT2D eigenvalue weighted by molar-refractivity contribution is 7.18. The van der Waals surface area contributed by atoms with E-state index >= 15 is 0 Å². The summed E-state index contributed by atoms with van der Waals surface area (Å²) in [7, 11) is 1.98. The van der Waals surface area contributed by atoms with Gasteiger partial charge in [-0.25, -0.2) is 9.37 Å². The molecule has 7 heteroatoms. The van der Waals surface area contributed by atoms with Crippen LogP contribution in [0.1, 0.15) is 10.9 Å². The van der Waals surface area contributed by atoms with Crippen LogP contribution in [0.15, 0.2) is 53.1 Å². The molecule has 0 N–H and O–H groups in total. The van der Waals surface area contributed by atoms with E-state index in [0.29, 0.717) is 24.8 Å². The Kier molecular flexibility index (Phi) is 4.25. The van der Waals surface area contributed by atoms with Gasteiger partial charge in [0.05, 0.1) is 23.3 Å². The minimum absolute atomic E-state index is 0.289. The van der Waals surface area contributed by atoms with E-state index in [0.717, 1.165) is 16.1 Å². The van der Waals surface area contributed by atoms with Crippen molar-refractivity contribution in [2.75, 3.05) is 7.05 Å². The molecule has 0 saturated carbocycles. The number of halogens is 1. The molecule has 25 heavy (non-hydrogen) atoms. The molecular weight excluding hydrogens is 339 g/mol. The van der Waals surface area contributed by atoms with Gasteiger partial charge in [0.25, 0.3) is 0 Å². The largest absolute Gasteiger partial charge is 0.338 e. The van der Waals surface area contributed by atoms with Crippen LogP contribution in [-0.4, -0.2) is 27.1 Å². The van der Waals surface area contributed by atoms with Gasteiger partial charge in [0.2, 0.25) is 11.7 Å². The minimum atomic E-state index is -0.289. The fraction of sp³-hybridized carbons (Fsp3) is 0.167. The molecule has 0 saturated heterocycles. The third-order valence-electron chi connectivity index (χ3n) is 3.72. The lowest BCUT2D eigenvalue weighted by Gasteiger charge is -2.11. The number of hydrogen-bond acceptors (Lipinski definition) is 6. The first-order chi connectivity index (χ1) is 12.2. The summed E-state index contributed by atoms with van der Waals surface area (Å²) in [5.41, 5.74) is 1.75. The molecule has 0 radical (unpaired) electrons. The number of benzene rings is 2. The van der Waals surface area contributed by atoms with Crippen molar-refractivity contribution in [3.63, 3.8) is 0 Å². The van der Waals surface area contributed by atoms with Crippen molar-refractivity contribution in [2.24, 2.45) is 0 Å². The van der Waals surface area contributed by atoms with E-state index < -0.39 is 0 Å². The maximum Gasteiger partial charge on any atom is 0.241 e. The molecule has 2 aromatic carbocycles. The summed E-state index contributed by atoms with van der Waals surface area (Å²) >= 11 is 1.68. The average molecular weight is 354 g/mol. The van der Waals surface area contributed by atoms with Crippen molar-refractivity contribution in [1.82, 2.24) is 20.0 Å². The van der Waals surface area contributed by atoms with Gasteiger partial charge in [0.15, 0.2) is 0 Å². The van der Waals surface area contributed by atoms with Gasteiger partial charge < -0.3 is 4.52 Å². The molecule has 0 bridgehead atoms. The van der Waals surface area contributed by atoms with E-state index in [2.05, 4.69) is 26.1 Å². The lowest BCUT2D eigenvalue weighted by Crippen LogP contribution is -2.17. The van der Waals surface area contributed by atoms with E-state index in [1.165, 1.54) is 16.8 Å². The zero-order valence-corrected chi connectivity index (χ0v) is 14.3. The van der Waals surface area contributed by atoms with Crippen LogP contribution in [0.4, 0.5) is 4.39 Å². The number of rotatable bonds is 5. The Morgan fingerprint density at radius 3 is 2.64 bits per heavy atom. The fourth-order valence-corrected chi connectivity index (χ4v) is 3.59. The summed E-state index contributed by atoms with van der Waals surface area (Å²) in [5, 5.41) is 5.01. The van der Waals surface area contributed by atoms with Crippen LogP contribution in [0, 0.1) is 5.82 Å². The molecule has 0 fully saturated rings. The third-order valence-corrected chi connectivity index (χ3v) is 4.74. The highest BCUT2D eigenvalue weighted by Crippen LogP contribution is 2.23. The van der Waals surface area contributed by atoms with Gasteiger partial charge in [-0.15, -0.1) is 11.3 Å². The van der Waals surface area contributed by atoms with E-state index in [1.807, 2.05) is 25.2 Å². The van der Waals surface area contributed by atoms with E-state index in [1.54, 1.807) is 23.5 Å². The predicted octanol–water partition coefficient (Wildman–Crippen LogP) is 4.12. The van der Waals surface area contributed by atoms with Crippen LogP contribution in [-0.2, 0) is 13.1 Å². The standard InChI is InChI=1S/C18H15FN4OS/c1-23(11-17-20-14-4-2-3-5-15(14)25-17)10-16-21-18(22-24-16)12-6-8-13(19)9-7-12/h2-9H,10-11H2,1H3. The predicted molar refractivity (Wildman–Crippen MR) is 94.5 cm³/mol. The SMILES string of the molecule is CN(Cc1nc(-c2ccc(F)cc2)no1)Cc1nc2ccccc2s1. The topological polar surface area (TPSA) is 55.1 Å². The summed E-state index contributed by atoms with van der Waals surface area (Å²) in [5.74, 6) is 0.689. The molecule has 0 aliphatic heterocycles. The van der Waals surface area contributed by atoms with Crippen LogP contribution in [0.2, 0.25) is 0 Å². The second kappa shape index (κ2) is 6.70. The van der Waals surface area contributed by atoms with Crippen LogP contribution in [0.25, 0.3) is 21.6 Å². The van der Waals surface area contributed by atoms with Crippen LogP contribution in [0.3, 0.4) is 0 Å². The summed E-state index contributed by atoms with van der Waals surface area (Å²) in [4.78, 5) is 11.1. The summed E-state index contributed by atoms with van der Waals surface area (Å²) in [6, 6.07) is 14.1. The molecule has 0 spiro atoms. The normalized spacial score (nSPS) is 11.5. The molecule has 0 amide bonds. The van der Waals surface area contributed by atoms with Gasteiger partial charge in [-0.05, 0) is 43.4 Å². The number of fused-ring (bicyclic) bond motifs is 1. The van der Waals surface area contributed by atoms with Crippen molar-refractivity contribution in [2.45, 2.75) is 13.1 Å². The highest BCUT2D eigenvalue weighted by atomic mass is 32.1. The zero-order valence-electron chi connectivity index (χ0n) is 13.5. The Hall–Kier alpha value is -2.64. The molecule has 4 aromatic rings. The highest BCUT2D eigenvalue weighted by Gasteiger charge is 2.12. The van der Waals surface area contributed by atoms with Crippen molar-refractivity contribution in [3.8, 4) is 11.4 Å². The maximum absolute atomic E-state index is 13.0. The van der Waals surface area contributed by atoms with Gasteiger partial charge in [-0.2, -0.15) is 4.98 Å². The lowest BCUT2D eigenvalue weighted by molar-refractivity contribution is 0.260. The Bertz CT molecular complexity index is 963. The van der Waals surface area contributed by atoms with Gasteiger partial charge in [0, 0.05) is 5.56 Å². The Labute approximate surface area is 147 Å². The van der Waals surface area contributed by atoms with Crippen LogP contribution in [0.5, 0.6) is 0 Å².